The van der Waals surface area contributed by atoms with Crippen molar-refractivity contribution in [1.82, 2.24) is 9.78 Å². The van der Waals surface area contributed by atoms with E-state index in [1.165, 1.54) is 6.42 Å². The van der Waals surface area contributed by atoms with Gasteiger partial charge in [0.05, 0.1) is 17.6 Å². The Labute approximate surface area is 167 Å². The second-order valence-electron chi connectivity index (χ2n) is 6.61. The molecule has 1 saturated heterocycles. The zero-order valence-electron chi connectivity index (χ0n) is 15.1. The van der Waals surface area contributed by atoms with Crippen LogP contribution in [0.4, 0.5) is 0 Å². The maximum Gasteiger partial charge on any atom is 0.150 e. The summed E-state index contributed by atoms with van der Waals surface area (Å²) in [5.41, 5.74) is 3.09. The van der Waals surface area contributed by atoms with Crippen LogP contribution in [0, 0.1) is 0 Å². The van der Waals surface area contributed by atoms with Gasteiger partial charge in [-0.2, -0.15) is 5.10 Å². The Morgan fingerprint density at radius 1 is 1.26 bits per heavy atom. The van der Waals surface area contributed by atoms with E-state index >= 15 is 0 Å². The van der Waals surface area contributed by atoms with Crippen LogP contribution in [0.1, 0.15) is 43.2 Å². The van der Waals surface area contributed by atoms with Crippen LogP contribution in [-0.2, 0) is 16.1 Å². The van der Waals surface area contributed by atoms with E-state index in [2.05, 4.69) is 38.2 Å². The molecule has 3 heterocycles. The number of benzene rings is 1. The molecule has 6 heteroatoms. The third-order valence-electron chi connectivity index (χ3n) is 4.63. The molecule has 1 fully saturated rings. The maximum atomic E-state index is 5.92. The molecule has 0 aliphatic carbocycles. The van der Waals surface area contributed by atoms with Gasteiger partial charge in [0, 0.05) is 23.7 Å². The van der Waals surface area contributed by atoms with Crippen molar-refractivity contribution < 1.29 is 9.47 Å². The lowest BCUT2D eigenvalue weighted by Crippen LogP contribution is -2.22. The smallest absolute Gasteiger partial charge is 0.150 e. The third kappa shape index (κ3) is 4.57. The second-order valence-corrected chi connectivity index (χ2v) is 7.53. The molecule has 1 aromatic carbocycles. The number of ether oxygens (including phenoxy) is 2. The van der Waals surface area contributed by atoms with Crippen LogP contribution in [0.25, 0.3) is 0 Å². The first-order valence-electron chi connectivity index (χ1n) is 9.26. The van der Waals surface area contributed by atoms with Gasteiger partial charge in [0.25, 0.3) is 0 Å². The summed E-state index contributed by atoms with van der Waals surface area (Å²) in [6.45, 7) is 1.30. The minimum atomic E-state index is 0.00918. The van der Waals surface area contributed by atoms with Crippen molar-refractivity contribution in [3.8, 4) is 0 Å². The van der Waals surface area contributed by atoms with Gasteiger partial charge >= 0.3 is 0 Å². The summed E-state index contributed by atoms with van der Waals surface area (Å²) in [7, 11) is 0. The summed E-state index contributed by atoms with van der Waals surface area (Å²) in [5, 5.41) is 4.48. The highest BCUT2D eigenvalue weighted by Crippen LogP contribution is 2.24. The molecule has 1 unspecified atom stereocenters. The highest BCUT2D eigenvalue weighted by atomic mass is 79.9. The largest absolute Gasteiger partial charge is 0.487 e. The lowest BCUT2D eigenvalue weighted by Gasteiger charge is -2.24. The predicted molar refractivity (Wildman–Crippen MR) is 108 cm³/mol. The zero-order valence-corrected chi connectivity index (χ0v) is 16.6. The van der Waals surface area contributed by atoms with Gasteiger partial charge in [0.1, 0.15) is 12.4 Å². The molecule has 5 nitrogen and oxygen atoms in total. The SMILES string of the molecule is Brc1cccc(COC2=CN=C(c3ccnn3C3CCCCO3)CC=C2)c1. The van der Waals surface area contributed by atoms with E-state index < -0.39 is 0 Å². The zero-order chi connectivity index (χ0) is 18.5. The van der Waals surface area contributed by atoms with Gasteiger partial charge in [-0.3, -0.25) is 4.99 Å². The van der Waals surface area contributed by atoms with E-state index in [0.29, 0.717) is 6.61 Å². The van der Waals surface area contributed by atoms with Crippen molar-refractivity contribution in [2.45, 2.75) is 38.5 Å². The Morgan fingerprint density at radius 3 is 3.07 bits per heavy atom. The normalized spacial score (nSPS) is 20.0. The van der Waals surface area contributed by atoms with Crippen molar-refractivity contribution in [2.75, 3.05) is 6.61 Å². The lowest BCUT2D eigenvalue weighted by atomic mass is 10.1. The summed E-state index contributed by atoms with van der Waals surface area (Å²) in [6, 6.07) is 10.1. The van der Waals surface area contributed by atoms with Crippen molar-refractivity contribution in [3.63, 3.8) is 0 Å². The van der Waals surface area contributed by atoms with E-state index in [0.717, 1.165) is 53.1 Å². The third-order valence-corrected chi connectivity index (χ3v) is 5.12. The Balaban J connectivity index is 1.48. The van der Waals surface area contributed by atoms with Gasteiger partial charge in [-0.05, 0) is 49.1 Å². The number of allylic oxidation sites excluding steroid dienone is 2. The highest BCUT2D eigenvalue weighted by molar-refractivity contribution is 9.10. The summed E-state index contributed by atoms with van der Waals surface area (Å²) in [5.74, 6) is 0.755. The van der Waals surface area contributed by atoms with Crippen molar-refractivity contribution >= 4 is 21.6 Å². The summed E-state index contributed by atoms with van der Waals surface area (Å²) < 4.78 is 14.8. The highest BCUT2D eigenvalue weighted by Gasteiger charge is 2.21. The van der Waals surface area contributed by atoms with Gasteiger partial charge < -0.3 is 9.47 Å². The van der Waals surface area contributed by atoms with E-state index in [1.807, 2.05) is 41.2 Å². The molecule has 0 N–H and O–H groups in total. The first-order chi connectivity index (χ1) is 13.3. The van der Waals surface area contributed by atoms with Crippen molar-refractivity contribution in [1.29, 1.82) is 0 Å². The number of hydrogen-bond acceptors (Lipinski definition) is 4. The van der Waals surface area contributed by atoms with Crippen molar-refractivity contribution in [3.05, 3.63) is 76.4 Å². The Bertz CT molecular complexity index is 879. The van der Waals surface area contributed by atoms with Gasteiger partial charge in [0.15, 0.2) is 6.23 Å². The number of aromatic nitrogens is 2. The molecule has 0 bridgehead atoms. The molecule has 4 rings (SSSR count). The Kier molecular flexibility index (Phi) is 5.84. The average Bonchev–Trinajstić information content (AvgIpc) is 3.06. The van der Waals surface area contributed by atoms with Gasteiger partial charge in [-0.1, -0.05) is 34.1 Å². The fraction of sp³-hybridized carbons (Fsp3) is 0.333. The molecule has 140 valence electrons. The summed E-state index contributed by atoms with van der Waals surface area (Å²) >= 11 is 3.49. The van der Waals surface area contributed by atoms with Crippen LogP contribution in [0.5, 0.6) is 0 Å². The molecular formula is C21H22BrN3O2. The minimum absolute atomic E-state index is 0.00918. The molecule has 0 radical (unpaired) electrons. The number of halogens is 1. The molecule has 2 aliphatic rings. The fourth-order valence-corrected chi connectivity index (χ4v) is 3.71. The molecule has 2 aromatic rings. The van der Waals surface area contributed by atoms with Gasteiger partial charge in [0.2, 0.25) is 0 Å². The van der Waals surface area contributed by atoms with Crippen molar-refractivity contribution in [2.24, 2.45) is 4.99 Å². The first kappa shape index (κ1) is 18.2. The number of rotatable bonds is 5. The number of nitrogens with zero attached hydrogens (tertiary/aromatic N) is 3. The second kappa shape index (κ2) is 8.67. The van der Waals surface area contributed by atoms with E-state index in [-0.39, 0.29) is 6.23 Å². The van der Waals surface area contributed by atoms with Crippen LogP contribution in [0.15, 0.2) is 70.1 Å². The molecule has 1 aromatic heterocycles. The van der Waals surface area contributed by atoms with Crippen LogP contribution < -0.4 is 0 Å². The Hall–Kier alpha value is -2.18. The molecule has 2 aliphatic heterocycles. The minimum Gasteiger partial charge on any atom is -0.487 e. The summed E-state index contributed by atoms with van der Waals surface area (Å²) in [4.78, 5) is 4.67. The summed E-state index contributed by atoms with van der Waals surface area (Å²) in [6.07, 6.45) is 11.7. The monoisotopic (exact) mass is 427 g/mol. The molecule has 0 spiro atoms. The fourth-order valence-electron chi connectivity index (χ4n) is 3.26. The van der Waals surface area contributed by atoms with Crippen LogP contribution >= 0.6 is 15.9 Å². The van der Waals surface area contributed by atoms with E-state index in [9.17, 15) is 0 Å². The van der Waals surface area contributed by atoms with Gasteiger partial charge in [-0.25, -0.2) is 4.68 Å². The molecule has 27 heavy (non-hydrogen) atoms. The Morgan fingerprint density at radius 2 is 2.22 bits per heavy atom. The van der Waals surface area contributed by atoms with Gasteiger partial charge in [-0.15, -0.1) is 0 Å². The van der Waals surface area contributed by atoms with E-state index in [4.69, 9.17) is 9.47 Å². The standard InChI is InChI=1S/C21H22BrN3O2/c22-17-6-3-5-16(13-17)15-27-18-7-4-8-19(23-14-18)20-10-11-24-25(20)21-9-1-2-12-26-21/h3-7,10-11,13-14,21H,1-2,8-9,12,15H2. The maximum absolute atomic E-state index is 5.92. The van der Waals surface area contributed by atoms with Crippen LogP contribution in [-0.4, -0.2) is 22.1 Å². The van der Waals surface area contributed by atoms with Crippen LogP contribution in [0.2, 0.25) is 0 Å². The van der Waals surface area contributed by atoms with Crippen LogP contribution in [0.3, 0.4) is 0 Å². The first-order valence-corrected chi connectivity index (χ1v) is 10.0. The number of aliphatic imine (C=N–C) groups is 1. The predicted octanol–water partition coefficient (Wildman–Crippen LogP) is 5.15. The van der Waals surface area contributed by atoms with E-state index in [1.54, 1.807) is 6.20 Å². The average molecular weight is 428 g/mol. The molecule has 0 amide bonds. The molecule has 1 atom stereocenters. The quantitative estimate of drug-likeness (QED) is 0.662. The number of hydrogen-bond donors (Lipinski definition) is 0. The molecular weight excluding hydrogens is 406 g/mol. The molecule has 0 saturated carbocycles. The lowest BCUT2D eigenvalue weighted by molar-refractivity contribution is -0.0398. The topological polar surface area (TPSA) is 48.6 Å².